The molecule has 0 spiro atoms. The number of nitrogens with one attached hydrogen (secondary N) is 2. The van der Waals surface area contributed by atoms with Gasteiger partial charge in [0, 0.05) is 23.0 Å². The van der Waals surface area contributed by atoms with Crippen LogP contribution in [0.5, 0.6) is 0 Å². The second-order valence-electron chi connectivity index (χ2n) is 6.27. The molecule has 0 fully saturated rings. The lowest BCUT2D eigenvalue weighted by Crippen LogP contribution is -2.23. The molecule has 1 aromatic heterocycles. The highest BCUT2D eigenvalue weighted by atomic mass is 32.1. The molecule has 1 heterocycles. The molecule has 0 bridgehead atoms. The molecule has 0 saturated carbocycles. The highest BCUT2D eigenvalue weighted by Gasteiger charge is 2.10. The van der Waals surface area contributed by atoms with Crippen LogP contribution in [0.4, 0.5) is 5.69 Å². The first-order valence-corrected chi connectivity index (χ1v) is 9.56. The lowest BCUT2D eigenvalue weighted by atomic mass is 10.1. The van der Waals surface area contributed by atoms with E-state index in [-0.39, 0.29) is 0 Å². The van der Waals surface area contributed by atoms with Gasteiger partial charge in [0.25, 0.3) is 0 Å². The van der Waals surface area contributed by atoms with E-state index in [9.17, 15) is 0 Å². The van der Waals surface area contributed by atoms with Crippen molar-refractivity contribution >= 4 is 29.2 Å². The number of para-hydroxylation sites is 2. The van der Waals surface area contributed by atoms with Crippen LogP contribution in [0.2, 0.25) is 0 Å². The van der Waals surface area contributed by atoms with Gasteiger partial charge in [-0.2, -0.15) is 10.2 Å². The average molecular weight is 398 g/mol. The molecule has 6 heteroatoms. The largest absolute Gasteiger partial charge is 0.331 e. The maximum absolute atomic E-state index is 5.30. The summed E-state index contributed by atoms with van der Waals surface area (Å²) < 4.78 is 1.85. The van der Waals surface area contributed by atoms with Gasteiger partial charge in [0.15, 0.2) is 5.11 Å². The Morgan fingerprint density at radius 2 is 1.48 bits per heavy atom. The summed E-state index contributed by atoms with van der Waals surface area (Å²) in [5, 5.41) is 12.6. The van der Waals surface area contributed by atoms with E-state index in [2.05, 4.69) is 15.8 Å². The number of aromatic nitrogens is 2. The molecular formula is C23H19N5S. The van der Waals surface area contributed by atoms with Gasteiger partial charge in [-0.15, -0.1) is 0 Å². The fraction of sp³-hybridized carbons (Fsp3) is 0. The zero-order valence-corrected chi connectivity index (χ0v) is 16.4. The molecule has 0 radical (unpaired) electrons. The fourth-order valence-corrected chi connectivity index (χ4v) is 3.03. The Balaban J connectivity index is 1.56. The molecule has 2 N–H and O–H groups in total. The molecule has 0 unspecified atom stereocenters. The van der Waals surface area contributed by atoms with Crippen LogP contribution in [0, 0.1) is 0 Å². The van der Waals surface area contributed by atoms with Crippen LogP contribution in [0.25, 0.3) is 16.9 Å². The van der Waals surface area contributed by atoms with E-state index in [0.717, 1.165) is 28.2 Å². The molecule has 0 amide bonds. The van der Waals surface area contributed by atoms with Crippen molar-refractivity contribution in [1.29, 1.82) is 0 Å². The Bertz CT molecular complexity index is 1110. The predicted molar refractivity (Wildman–Crippen MR) is 122 cm³/mol. The number of hydrogen-bond donors (Lipinski definition) is 2. The van der Waals surface area contributed by atoms with Crippen molar-refractivity contribution in [3.05, 3.63) is 103 Å². The molecule has 4 aromatic rings. The first-order chi connectivity index (χ1) is 14.3. The van der Waals surface area contributed by atoms with Crippen molar-refractivity contribution in [3.63, 3.8) is 0 Å². The van der Waals surface area contributed by atoms with E-state index in [1.807, 2.05) is 102 Å². The second-order valence-corrected chi connectivity index (χ2v) is 6.68. The third-order valence-electron chi connectivity index (χ3n) is 4.21. The maximum Gasteiger partial charge on any atom is 0.191 e. The number of nitrogens with zero attached hydrogens (tertiary/aromatic N) is 3. The van der Waals surface area contributed by atoms with Gasteiger partial charge in [-0.3, -0.25) is 5.43 Å². The number of hydrazone groups is 1. The van der Waals surface area contributed by atoms with Gasteiger partial charge in [0.05, 0.1) is 11.9 Å². The van der Waals surface area contributed by atoms with Gasteiger partial charge in [0.2, 0.25) is 0 Å². The highest BCUT2D eigenvalue weighted by molar-refractivity contribution is 7.80. The van der Waals surface area contributed by atoms with Gasteiger partial charge >= 0.3 is 0 Å². The summed E-state index contributed by atoms with van der Waals surface area (Å²) in [4.78, 5) is 0. The van der Waals surface area contributed by atoms with Crippen molar-refractivity contribution < 1.29 is 0 Å². The van der Waals surface area contributed by atoms with Gasteiger partial charge in [0.1, 0.15) is 5.69 Å². The zero-order valence-electron chi connectivity index (χ0n) is 15.6. The van der Waals surface area contributed by atoms with Crippen LogP contribution in [0.15, 0.2) is 102 Å². The number of hydrogen-bond acceptors (Lipinski definition) is 3. The minimum absolute atomic E-state index is 0.421. The Labute approximate surface area is 174 Å². The predicted octanol–water partition coefficient (Wildman–Crippen LogP) is 4.86. The summed E-state index contributed by atoms with van der Waals surface area (Å²) in [6.07, 6.45) is 3.68. The summed E-state index contributed by atoms with van der Waals surface area (Å²) in [7, 11) is 0. The topological polar surface area (TPSA) is 54.2 Å². The van der Waals surface area contributed by atoms with Crippen LogP contribution in [-0.4, -0.2) is 21.1 Å². The van der Waals surface area contributed by atoms with Crippen molar-refractivity contribution in [3.8, 4) is 16.9 Å². The van der Waals surface area contributed by atoms with E-state index < -0.39 is 0 Å². The molecular weight excluding hydrogens is 378 g/mol. The standard InChI is InChI=1S/C23H19N5S/c29-23(25-20-12-6-2-7-13-20)26-24-16-19-17-28(21-14-8-3-9-15-21)27-22(19)18-10-4-1-5-11-18/h1-17H,(H2,25,26,29)/b24-16-. The van der Waals surface area contributed by atoms with Gasteiger partial charge in [-0.25, -0.2) is 4.68 Å². The van der Waals surface area contributed by atoms with E-state index in [1.54, 1.807) is 6.21 Å². The summed E-state index contributed by atoms with van der Waals surface area (Å²) >= 11 is 5.30. The monoisotopic (exact) mass is 397 g/mol. The summed E-state index contributed by atoms with van der Waals surface area (Å²) in [6.45, 7) is 0. The quantitative estimate of drug-likeness (QED) is 0.287. The molecule has 3 aromatic carbocycles. The summed E-state index contributed by atoms with van der Waals surface area (Å²) in [6, 6.07) is 29.7. The van der Waals surface area contributed by atoms with Crippen LogP contribution in [-0.2, 0) is 0 Å². The van der Waals surface area contributed by atoms with Crippen molar-refractivity contribution in [1.82, 2.24) is 15.2 Å². The first kappa shape index (κ1) is 18.6. The molecule has 5 nitrogen and oxygen atoms in total. The zero-order chi connectivity index (χ0) is 19.9. The van der Waals surface area contributed by atoms with E-state index in [1.165, 1.54) is 0 Å². The highest BCUT2D eigenvalue weighted by Crippen LogP contribution is 2.22. The molecule has 0 aliphatic heterocycles. The Hall–Kier alpha value is -3.77. The number of benzene rings is 3. The lowest BCUT2D eigenvalue weighted by Gasteiger charge is -2.06. The van der Waals surface area contributed by atoms with Gasteiger partial charge in [-0.1, -0.05) is 66.7 Å². The van der Waals surface area contributed by atoms with Crippen LogP contribution < -0.4 is 10.7 Å². The molecule has 4 rings (SSSR count). The SMILES string of the molecule is S=C(N/N=C\c1cn(-c2ccccc2)nc1-c1ccccc1)Nc1ccccc1. The summed E-state index contributed by atoms with van der Waals surface area (Å²) in [5.41, 5.74) is 7.50. The third kappa shape index (κ3) is 4.75. The van der Waals surface area contributed by atoms with Crippen molar-refractivity contribution in [2.24, 2.45) is 5.10 Å². The number of thiocarbonyl (C=S) groups is 1. The third-order valence-corrected chi connectivity index (χ3v) is 4.41. The van der Waals surface area contributed by atoms with Crippen molar-refractivity contribution in [2.45, 2.75) is 0 Å². The minimum atomic E-state index is 0.421. The minimum Gasteiger partial charge on any atom is -0.331 e. The van der Waals surface area contributed by atoms with Crippen molar-refractivity contribution in [2.75, 3.05) is 5.32 Å². The normalized spacial score (nSPS) is 10.8. The molecule has 0 aliphatic rings. The Morgan fingerprint density at radius 1 is 0.862 bits per heavy atom. The number of anilines is 1. The smallest absolute Gasteiger partial charge is 0.191 e. The molecule has 0 atom stereocenters. The van der Waals surface area contributed by atoms with E-state index in [4.69, 9.17) is 17.3 Å². The summed E-state index contributed by atoms with van der Waals surface area (Å²) in [5.74, 6) is 0. The Morgan fingerprint density at radius 3 is 2.17 bits per heavy atom. The second kappa shape index (κ2) is 8.95. The van der Waals surface area contributed by atoms with Crippen LogP contribution in [0.1, 0.15) is 5.56 Å². The number of rotatable bonds is 5. The molecule has 0 saturated heterocycles. The molecule has 0 aliphatic carbocycles. The molecule has 142 valence electrons. The Kier molecular flexibility index (Phi) is 5.73. The maximum atomic E-state index is 5.30. The van der Waals surface area contributed by atoms with Crippen LogP contribution >= 0.6 is 12.2 Å². The van der Waals surface area contributed by atoms with E-state index in [0.29, 0.717) is 5.11 Å². The fourth-order valence-electron chi connectivity index (χ4n) is 2.86. The van der Waals surface area contributed by atoms with E-state index >= 15 is 0 Å². The molecule has 29 heavy (non-hydrogen) atoms. The van der Waals surface area contributed by atoms with Crippen LogP contribution in [0.3, 0.4) is 0 Å². The lowest BCUT2D eigenvalue weighted by molar-refractivity contribution is 0.884. The first-order valence-electron chi connectivity index (χ1n) is 9.15. The van der Waals surface area contributed by atoms with Gasteiger partial charge < -0.3 is 5.32 Å². The average Bonchev–Trinajstić information content (AvgIpc) is 3.20. The van der Waals surface area contributed by atoms with Gasteiger partial charge in [-0.05, 0) is 36.5 Å².